The maximum absolute atomic E-state index is 14.9. The summed E-state index contributed by atoms with van der Waals surface area (Å²) in [6.07, 6.45) is 31.3. The van der Waals surface area contributed by atoms with Gasteiger partial charge in [0.25, 0.3) is 0 Å². The Hall–Kier alpha value is -2.67. The fraction of sp³-hybridized carbons (Fsp3) is 0.489. The number of hydrogen-bond acceptors (Lipinski definition) is 2. The molecule has 3 nitrogen and oxygen atoms in total. The van der Waals surface area contributed by atoms with Crippen LogP contribution in [0.3, 0.4) is 0 Å². The number of fused-ring (bicyclic) bond motifs is 2. The van der Waals surface area contributed by atoms with Crippen LogP contribution in [0.4, 0.5) is 0 Å². The molecule has 273 valence electrons. The minimum Gasteiger partial charge on any atom is -0.527 e. The van der Waals surface area contributed by atoms with Crippen LogP contribution in [0.25, 0.3) is 0 Å². The molecule has 0 aromatic heterocycles. The topological polar surface area (TPSA) is 32.7 Å². The maximum atomic E-state index is 14.9. The molecule has 1 radical (unpaired) electrons. The second-order valence-corrected chi connectivity index (χ2v) is 19.1. The SMILES string of the molecule is O=C(C1CCCCC1)N1C(c2ccccc2[PH+](C2CCCCC2)C2CCCCC2)=N[C@H](c2ccccc2)[C@H]1c1ccccc1.[C-]1=CC2C=[C-]C1C2.[Rh+2]. The quantitative estimate of drug-likeness (QED) is 0.133. The number of nitrogens with zero attached hydrogens (tertiary/aromatic N) is 2. The van der Waals surface area contributed by atoms with Gasteiger partial charge in [0, 0.05) is 13.8 Å². The van der Waals surface area contributed by atoms with Gasteiger partial charge >= 0.3 is 19.5 Å². The Morgan fingerprint density at radius 1 is 0.635 bits per heavy atom. The third kappa shape index (κ3) is 8.35. The summed E-state index contributed by atoms with van der Waals surface area (Å²) in [5.74, 6) is 2.60. The summed E-state index contributed by atoms with van der Waals surface area (Å²) in [5, 5.41) is 1.57. The molecule has 0 unspecified atom stereocenters. The van der Waals surface area contributed by atoms with Gasteiger partial charge < -0.3 is 18.1 Å². The van der Waals surface area contributed by atoms with E-state index in [1.165, 1.54) is 93.7 Å². The van der Waals surface area contributed by atoms with Crippen molar-refractivity contribution in [2.75, 3.05) is 0 Å². The van der Waals surface area contributed by atoms with Gasteiger partial charge in [0.1, 0.15) is 17.2 Å². The van der Waals surface area contributed by atoms with Crippen molar-refractivity contribution in [1.29, 1.82) is 0 Å². The van der Waals surface area contributed by atoms with E-state index in [-0.39, 0.29) is 37.5 Å². The number of benzene rings is 3. The molecule has 0 saturated heterocycles. The Labute approximate surface area is 327 Å². The summed E-state index contributed by atoms with van der Waals surface area (Å²) < 4.78 is 0. The number of allylic oxidation sites excluding steroid dienone is 4. The zero-order valence-electron chi connectivity index (χ0n) is 30.7. The molecule has 5 aliphatic carbocycles. The van der Waals surface area contributed by atoms with Gasteiger partial charge in [-0.3, -0.25) is 26.8 Å². The van der Waals surface area contributed by atoms with Gasteiger partial charge in [0.2, 0.25) is 5.91 Å². The van der Waals surface area contributed by atoms with Crippen LogP contribution in [-0.4, -0.2) is 28.0 Å². The second kappa shape index (κ2) is 18.1. The van der Waals surface area contributed by atoms with Gasteiger partial charge in [-0.15, -0.1) is 0 Å². The van der Waals surface area contributed by atoms with Gasteiger partial charge in [-0.05, 0) is 87.5 Å². The van der Waals surface area contributed by atoms with E-state index in [1.54, 1.807) is 5.30 Å². The molecule has 1 aliphatic heterocycles. The molecular weight excluding hydrogens is 742 g/mol. The Bertz CT molecular complexity index is 1640. The third-order valence-corrected chi connectivity index (χ3v) is 16.6. The van der Waals surface area contributed by atoms with Crippen LogP contribution in [0.15, 0.2) is 102 Å². The summed E-state index contributed by atoms with van der Waals surface area (Å²) in [6, 6.07) is 30.6. The van der Waals surface area contributed by atoms with Gasteiger partial charge in [-0.2, -0.15) is 0 Å². The van der Waals surface area contributed by atoms with Crippen LogP contribution in [0.5, 0.6) is 0 Å². The molecule has 3 aromatic carbocycles. The normalized spacial score (nSPS) is 26.2. The predicted octanol–water partition coefficient (Wildman–Crippen LogP) is 11.2. The number of aliphatic imine (C=N–C) groups is 1. The van der Waals surface area contributed by atoms with Crippen LogP contribution in [-0.2, 0) is 24.3 Å². The molecule has 52 heavy (non-hydrogen) atoms. The first-order valence-corrected chi connectivity index (χ1v) is 22.1. The fourth-order valence-corrected chi connectivity index (χ4v) is 14.5. The number of amides is 1. The number of rotatable bonds is 7. The Kier molecular flexibility index (Phi) is 13.1. The molecule has 9 rings (SSSR count). The Morgan fingerprint density at radius 2 is 1.15 bits per heavy atom. The molecule has 0 spiro atoms. The van der Waals surface area contributed by atoms with Crippen molar-refractivity contribution in [3.05, 3.63) is 126 Å². The third-order valence-electron chi connectivity index (χ3n) is 12.6. The second-order valence-electron chi connectivity index (χ2n) is 16.0. The molecule has 2 bridgehead atoms. The summed E-state index contributed by atoms with van der Waals surface area (Å²) in [4.78, 5) is 22.7. The van der Waals surface area contributed by atoms with Crippen molar-refractivity contribution in [3.8, 4) is 0 Å². The minimum atomic E-state index is -0.844. The first-order chi connectivity index (χ1) is 25.2. The average molecular weight is 799 g/mol. The van der Waals surface area contributed by atoms with E-state index in [2.05, 4.69) is 114 Å². The zero-order valence-corrected chi connectivity index (χ0v) is 33.4. The maximum Gasteiger partial charge on any atom is 2.00 e. The number of carbonyl (C=O) groups is 1. The molecule has 1 amide bonds. The smallest absolute Gasteiger partial charge is 0.527 e. The van der Waals surface area contributed by atoms with E-state index < -0.39 is 7.92 Å². The van der Waals surface area contributed by atoms with Crippen molar-refractivity contribution in [3.63, 3.8) is 0 Å². The summed E-state index contributed by atoms with van der Waals surface area (Å²) >= 11 is 0. The Morgan fingerprint density at radius 3 is 1.67 bits per heavy atom. The summed E-state index contributed by atoms with van der Waals surface area (Å²) in [6.45, 7) is 0. The van der Waals surface area contributed by atoms with E-state index in [0.717, 1.165) is 42.8 Å². The van der Waals surface area contributed by atoms with Crippen molar-refractivity contribution in [1.82, 2.24) is 4.90 Å². The summed E-state index contributed by atoms with van der Waals surface area (Å²) in [7, 11) is -0.844. The molecule has 3 aromatic rings. The Balaban J connectivity index is 0.000000466. The molecule has 5 heteroatoms. The molecule has 6 aliphatic rings. The molecule has 0 N–H and O–H groups in total. The fourth-order valence-electron chi connectivity index (χ4n) is 10.1. The van der Waals surface area contributed by atoms with Gasteiger partial charge in [0.15, 0.2) is 0 Å². The van der Waals surface area contributed by atoms with Crippen LogP contribution < -0.4 is 5.30 Å². The van der Waals surface area contributed by atoms with Gasteiger partial charge in [-0.25, -0.2) is 0 Å². The minimum absolute atomic E-state index is 0. The van der Waals surface area contributed by atoms with Crippen LogP contribution in [0, 0.1) is 29.9 Å². The molecule has 3 fully saturated rings. The van der Waals surface area contributed by atoms with Crippen LogP contribution in [0.2, 0.25) is 0 Å². The van der Waals surface area contributed by atoms with Gasteiger partial charge in [-0.1, -0.05) is 117 Å². The first kappa shape index (κ1) is 37.6. The van der Waals surface area contributed by atoms with Crippen molar-refractivity contribution >= 4 is 25.0 Å². The van der Waals surface area contributed by atoms with E-state index in [9.17, 15) is 4.79 Å². The van der Waals surface area contributed by atoms with E-state index in [4.69, 9.17) is 4.99 Å². The van der Waals surface area contributed by atoms with E-state index >= 15 is 0 Å². The number of amidine groups is 1. The predicted molar refractivity (Wildman–Crippen MR) is 214 cm³/mol. The van der Waals surface area contributed by atoms with Crippen molar-refractivity contribution in [2.45, 2.75) is 126 Å². The largest absolute Gasteiger partial charge is 2.00 e. The van der Waals surface area contributed by atoms with Crippen LogP contribution >= 0.6 is 7.92 Å². The molecule has 1 heterocycles. The monoisotopic (exact) mass is 798 g/mol. The van der Waals surface area contributed by atoms with Crippen molar-refractivity contribution < 1.29 is 24.3 Å². The average Bonchev–Trinajstić information content (AvgIpc) is 3.97. The first-order valence-electron chi connectivity index (χ1n) is 20.4. The summed E-state index contributed by atoms with van der Waals surface area (Å²) in [5.41, 5.74) is 5.31. The number of hydrogen-bond donors (Lipinski definition) is 0. The molecule has 2 atom stereocenters. The van der Waals surface area contributed by atoms with Crippen LogP contribution in [0.1, 0.15) is 132 Å². The van der Waals surface area contributed by atoms with Gasteiger partial charge in [0.05, 0.1) is 22.9 Å². The zero-order chi connectivity index (χ0) is 34.4. The van der Waals surface area contributed by atoms with E-state index in [1.807, 2.05) is 0 Å². The van der Waals surface area contributed by atoms with Crippen molar-refractivity contribution in [2.24, 2.45) is 22.7 Å². The number of carbonyl (C=O) groups excluding carboxylic acids is 1. The van der Waals surface area contributed by atoms with E-state index in [0.29, 0.717) is 17.7 Å². The molecule has 3 saturated carbocycles. The molecular formula is C47H56N2OPRh+. The standard InChI is InChI=1S/C40H49N2OP.C7H6.Rh/c43-40(32-22-10-3-11-23-32)42-38(31-20-8-2-9-21-31)37(30-18-6-1-7-19-30)41-39(42)35-28-16-17-29-36(35)44(33-24-12-4-13-25-33)34-26-14-5-15-27-34;1-2-7-4-3-6(1)5-7;/h1-2,6-9,16-21,28-29,32-34,37-38H,3-5,10-15,22-27H2;1,3,6-7H,5H2;/q;-2;+2/p+1/t37-,38-;;/m1../s1.